The van der Waals surface area contributed by atoms with Crippen molar-refractivity contribution in [1.29, 1.82) is 0 Å². The van der Waals surface area contributed by atoms with Gasteiger partial charge in [-0.2, -0.15) is 0 Å². The summed E-state index contributed by atoms with van der Waals surface area (Å²) in [5.41, 5.74) is 1.47. The lowest BCUT2D eigenvalue weighted by atomic mass is 9.67. The van der Waals surface area contributed by atoms with Crippen LogP contribution in [0, 0.1) is 5.41 Å². The third kappa shape index (κ3) is 1.48. The first-order valence-electron chi connectivity index (χ1n) is 4.17. The van der Waals surface area contributed by atoms with E-state index in [4.69, 9.17) is 11.6 Å². The number of alkyl halides is 1. The van der Waals surface area contributed by atoms with Gasteiger partial charge < -0.3 is 0 Å². The van der Waals surface area contributed by atoms with Crippen molar-refractivity contribution in [3.8, 4) is 0 Å². The Kier molecular flexibility index (Phi) is 2.33. The van der Waals surface area contributed by atoms with Gasteiger partial charge in [0.1, 0.15) is 0 Å². The Morgan fingerprint density at radius 2 is 2.42 bits per heavy atom. The highest BCUT2D eigenvalue weighted by Crippen LogP contribution is 2.44. The van der Waals surface area contributed by atoms with Crippen LogP contribution in [0.15, 0.2) is 5.38 Å². The van der Waals surface area contributed by atoms with Crippen molar-refractivity contribution in [2.24, 2.45) is 5.41 Å². The van der Waals surface area contributed by atoms with Gasteiger partial charge in [0.25, 0.3) is 0 Å². The molecule has 2 rings (SSSR count). The van der Waals surface area contributed by atoms with E-state index < -0.39 is 0 Å². The van der Waals surface area contributed by atoms with Crippen LogP contribution < -0.4 is 0 Å². The zero-order chi connectivity index (χ0) is 8.44. The molecule has 2 nitrogen and oxygen atoms in total. The third-order valence-corrected chi connectivity index (χ3v) is 3.78. The summed E-state index contributed by atoms with van der Waals surface area (Å²) in [4.78, 5) is 0. The Hall–Kier alpha value is -0.150. The lowest BCUT2D eigenvalue weighted by molar-refractivity contribution is 0.164. The van der Waals surface area contributed by atoms with Gasteiger partial charge in [-0.25, -0.2) is 0 Å². The van der Waals surface area contributed by atoms with Crippen LogP contribution in [0.2, 0.25) is 0 Å². The van der Waals surface area contributed by atoms with Crippen molar-refractivity contribution in [3.05, 3.63) is 11.1 Å². The number of nitrogens with zero attached hydrogens (tertiary/aromatic N) is 2. The Balaban J connectivity index is 2.01. The van der Waals surface area contributed by atoms with Crippen LogP contribution >= 0.6 is 23.1 Å². The molecule has 1 aliphatic rings. The molecule has 1 aliphatic carbocycles. The van der Waals surface area contributed by atoms with Crippen LogP contribution in [0.4, 0.5) is 0 Å². The molecule has 0 spiro atoms. The van der Waals surface area contributed by atoms with Gasteiger partial charge in [0.15, 0.2) is 0 Å². The van der Waals surface area contributed by atoms with Crippen LogP contribution in [0.25, 0.3) is 0 Å². The summed E-state index contributed by atoms with van der Waals surface area (Å²) in [6.45, 7) is 0. The van der Waals surface area contributed by atoms with E-state index in [0.717, 1.165) is 18.0 Å². The molecule has 0 unspecified atom stereocenters. The molecule has 1 aromatic rings. The lowest BCUT2D eigenvalue weighted by Crippen LogP contribution is -2.33. The third-order valence-electron chi connectivity index (χ3n) is 2.66. The van der Waals surface area contributed by atoms with Gasteiger partial charge in [-0.1, -0.05) is 10.9 Å². The summed E-state index contributed by atoms with van der Waals surface area (Å²) in [7, 11) is 0. The summed E-state index contributed by atoms with van der Waals surface area (Å²) in [6.07, 6.45) is 4.86. The molecule has 0 aliphatic heterocycles. The molecule has 1 fully saturated rings. The fourth-order valence-electron chi connectivity index (χ4n) is 1.68. The Bertz CT molecular complexity index is 238. The normalized spacial score (nSPS) is 20.4. The molecular formula is C8H11ClN2S. The highest BCUT2D eigenvalue weighted by molar-refractivity contribution is 7.03. The molecule has 0 radical (unpaired) electrons. The minimum absolute atomic E-state index is 0.358. The topological polar surface area (TPSA) is 25.8 Å². The fourth-order valence-corrected chi connectivity index (χ4v) is 2.49. The first-order valence-corrected chi connectivity index (χ1v) is 5.54. The first kappa shape index (κ1) is 8.45. The molecule has 1 aromatic heterocycles. The molecule has 1 saturated carbocycles. The van der Waals surface area contributed by atoms with Crippen LogP contribution in [0.1, 0.15) is 25.0 Å². The largest absolute Gasteiger partial charge is 0.143 e. The standard InChI is InChI=1S/C8H11ClN2S/c9-6-8(2-1-3-8)4-7-5-12-11-10-7/h5H,1-4,6H2. The van der Waals surface area contributed by atoms with Crippen LogP contribution in [-0.4, -0.2) is 15.5 Å². The van der Waals surface area contributed by atoms with E-state index in [1.54, 1.807) is 0 Å². The highest BCUT2D eigenvalue weighted by atomic mass is 35.5. The van der Waals surface area contributed by atoms with Crippen LogP contribution in [0.5, 0.6) is 0 Å². The minimum Gasteiger partial charge on any atom is -0.143 e. The second-order valence-electron chi connectivity index (χ2n) is 3.56. The molecular weight excluding hydrogens is 192 g/mol. The maximum atomic E-state index is 5.93. The molecule has 0 aromatic carbocycles. The lowest BCUT2D eigenvalue weighted by Gasteiger charge is -2.39. The van der Waals surface area contributed by atoms with Crippen molar-refractivity contribution in [1.82, 2.24) is 9.59 Å². The quantitative estimate of drug-likeness (QED) is 0.704. The molecule has 0 amide bonds. The van der Waals surface area contributed by atoms with E-state index in [-0.39, 0.29) is 0 Å². The first-order chi connectivity index (χ1) is 5.85. The van der Waals surface area contributed by atoms with E-state index in [9.17, 15) is 0 Å². The Morgan fingerprint density at radius 1 is 1.58 bits per heavy atom. The summed E-state index contributed by atoms with van der Waals surface area (Å²) in [6, 6.07) is 0. The smallest absolute Gasteiger partial charge is 0.0761 e. The molecule has 0 N–H and O–H groups in total. The van der Waals surface area contributed by atoms with Gasteiger partial charge in [-0.15, -0.1) is 16.7 Å². The van der Waals surface area contributed by atoms with Gasteiger partial charge in [0, 0.05) is 11.3 Å². The number of aromatic nitrogens is 2. The second-order valence-corrected chi connectivity index (χ2v) is 4.44. The highest BCUT2D eigenvalue weighted by Gasteiger charge is 2.36. The average molecular weight is 203 g/mol. The van der Waals surface area contributed by atoms with Crippen molar-refractivity contribution in [3.63, 3.8) is 0 Å². The maximum absolute atomic E-state index is 5.93. The maximum Gasteiger partial charge on any atom is 0.0761 e. The molecule has 0 bridgehead atoms. The van der Waals surface area contributed by atoms with Gasteiger partial charge in [0.2, 0.25) is 0 Å². The molecule has 12 heavy (non-hydrogen) atoms. The van der Waals surface area contributed by atoms with Gasteiger partial charge in [0.05, 0.1) is 5.69 Å². The number of halogens is 1. The van der Waals surface area contributed by atoms with Gasteiger partial charge in [-0.05, 0) is 36.2 Å². The predicted molar refractivity (Wildman–Crippen MR) is 50.6 cm³/mol. The Morgan fingerprint density at radius 3 is 2.83 bits per heavy atom. The van der Waals surface area contributed by atoms with Gasteiger partial charge >= 0.3 is 0 Å². The molecule has 66 valence electrons. The van der Waals surface area contributed by atoms with Crippen LogP contribution in [0.3, 0.4) is 0 Å². The van der Waals surface area contributed by atoms with E-state index >= 15 is 0 Å². The average Bonchev–Trinajstić information content (AvgIpc) is 2.49. The van der Waals surface area contributed by atoms with E-state index in [0.29, 0.717) is 5.41 Å². The summed E-state index contributed by atoms with van der Waals surface area (Å²) >= 11 is 7.35. The number of rotatable bonds is 3. The van der Waals surface area contributed by atoms with Crippen molar-refractivity contribution >= 4 is 23.1 Å². The SMILES string of the molecule is ClCC1(Cc2csnn2)CCC1. The fraction of sp³-hybridized carbons (Fsp3) is 0.750. The van der Waals surface area contributed by atoms with Crippen molar-refractivity contribution < 1.29 is 0 Å². The molecule has 1 heterocycles. The number of hydrogen-bond acceptors (Lipinski definition) is 3. The predicted octanol–water partition coefficient (Wildman–Crippen LogP) is 2.49. The molecule has 0 saturated heterocycles. The molecule has 4 heteroatoms. The van der Waals surface area contributed by atoms with E-state index in [1.165, 1.54) is 30.8 Å². The number of hydrogen-bond donors (Lipinski definition) is 0. The molecule has 0 atom stereocenters. The van der Waals surface area contributed by atoms with Crippen LogP contribution in [-0.2, 0) is 6.42 Å². The van der Waals surface area contributed by atoms with E-state index in [2.05, 4.69) is 9.59 Å². The Labute approximate surface area is 81.1 Å². The minimum atomic E-state index is 0.358. The summed E-state index contributed by atoms with van der Waals surface area (Å²) < 4.78 is 3.85. The summed E-state index contributed by atoms with van der Waals surface area (Å²) in [5, 5.41) is 6.06. The monoisotopic (exact) mass is 202 g/mol. The second kappa shape index (κ2) is 3.30. The zero-order valence-electron chi connectivity index (χ0n) is 6.79. The van der Waals surface area contributed by atoms with Crippen molar-refractivity contribution in [2.75, 3.05) is 5.88 Å². The van der Waals surface area contributed by atoms with Crippen molar-refractivity contribution in [2.45, 2.75) is 25.7 Å². The zero-order valence-corrected chi connectivity index (χ0v) is 8.37. The van der Waals surface area contributed by atoms with E-state index in [1.807, 2.05) is 5.38 Å². The van der Waals surface area contributed by atoms with Gasteiger partial charge in [-0.3, -0.25) is 0 Å². The summed E-state index contributed by atoms with van der Waals surface area (Å²) in [5.74, 6) is 0.768.